The highest BCUT2D eigenvalue weighted by Crippen LogP contribution is 2.29. The van der Waals surface area contributed by atoms with E-state index in [0.717, 1.165) is 0 Å². The lowest BCUT2D eigenvalue weighted by atomic mass is 10.2. The predicted octanol–water partition coefficient (Wildman–Crippen LogP) is 1.80. The lowest BCUT2D eigenvalue weighted by molar-refractivity contribution is 0.626. The van der Waals surface area contributed by atoms with Gasteiger partial charge in [0, 0.05) is 4.47 Å². The SMILES string of the molecule is Cc1cc(F)cc(Br)c1N=C(N)N. The van der Waals surface area contributed by atoms with Crippen LogP contribution in [0.3, 0.4) is 0 Å². The Balaban J connectivity index is 3.29. The molecule has 0 fully saturated rings. The number of aryl methyl sites for hydroxylation is 1. The first-order valence-electron chi connectivity index (χ1n) is 3.56. The number of guanidine groups is 1. The summed E-state index contributed by atoms with van der Waals surface area (Å²) in [5, 5.41) is 0. The molecule has 0 atom stereocenters. The van der Waals surface area contributed by atoms with Gasteiger partial charge < -0.3 is 11.5 Å². The van der Waals surface area contributed by atoms with Crippen molar-refractivity contribution >= 4 is 27.6 Å². The van der Waals surface area contributed by atoms with Crippen LogP contribution in [-0.2, 0) is 0 Å². The molecule has 4 N–H and O–H groups in total. The molecule has 3 nitrogen and oxygen atoms in total. The molecule has 0 unspecified atom stereocenters. The second kappa shape index (κ2) is 3.74. The van der Waals surface area contributed by atoms with Gasteiger partial charge in [0.25, 0.3) is 0 Å². The molecule has 1 aromatic carbocycles. The zero-order valence-electron chi connectivity index (χ0n) is 7.01. The van der Waals surface area contributed by atoms with Gasteiger partial charge in [-0.05, 0) is 40.5 Å². The molecular weight excluding hydrogens is 237 g/mol. The monoisotopic (exact) mass is 245 g/mol. The van der Waals surface area contributed by atoms with Crippen LogP contribution in [0.25, 0.3) is 0 Å². The first kappa shape index (κ1) is 9.98. The fourth-order valence-electron chi connectivity index (χ4n) is 0.965. The molecule has 0 bridgehead atoms. The molecule has 0 saturated carbocycles. The Hall–Kier alpha value is -1.10. The second-order valence-corrected chi connectivity index (χ2v) is 3.44. The summed E-state index contributed by atoms with van der Waals surface area (Å²) >= 11 is 3.17. The zero-order chi connectivity index (χ0) is 10.0. The highest BCUT2D eigenvalue weighted by Gasteiger charge is 2.05. The van der Waals surface area contributed by atoms with Gasteiger partial charge in [-0.15, -0.1) is 0 Å². The molecule has 70 valence electrons. The van der Waals surface area contributed by atoms with E-state index in [1.165, 1.54) is 12.1 Å². The summed E-state index contributed by atoms with van der Waals surface area (Å²) in [5.41, 5.74) is 11.7. The summed E-state index contributed by atoms with van der Waals surface area (Å²) in [6, 6.07) is 2.68. The van der Waals surface area contributed by atoms with Crippen LogP contribution in [0.1, 0.15) is 5.56 Å². The Labute approximate surface area is 83.8 Å². The maximum absolute atomic E-state index is 12.8. The fraction of sp³-hybridized carbons (Fsp3) is 0.125. The molecule has 0 radical (unpaired) electrons. The van der Waals surface area contributed by atoms with Crippen molar-refractivity contribution < 1.29 is 4.39 Å². The summed E-state index contributed by atoms with van der Waals surface area (Å²) in [4.78, 5) is 3.86. The van der Waals surface area contributed by atoms with Crippen molar-refractivity contribution in [2.24, 2.45) is 16.5 Å². The Morgan fingerprint density at radius 3 is 2.54 bits per heavy atom. The molecule has 0 aromatic heterocycles. The minimum atomic E-state index is -0.320. The molecule has 1 aromatic rings. The Morgan fingerprint density at radius 2 is 2.08 bits per heavy atom. The maximum Gasteiger partial charge on any atom is 0.191 e. The normalized spacial score (nSPS) is 9.77. The van der Waals surface area contributed by atoms with E-state index in [2.05, 4.69) is 20.9 Å². The van der Waals surface area contributed by atoms with Crippen LogP contribution in [0.5, 0.6) is 0 Å². The predicted molar refractivity (Wildman–Crippen MR) is 54.3 cm³/mol. The molecule has 0 saturated heterocycles. The van der Waals surface area contributed by atoms with Crippen LogP contribution in [0.4, 0.5) is 10.1 Å². The summed E-state index contributed by atoms with van der Waals surface area (Å²) in [7, 11) is 0. The second-order valence-electron chi connectivity index (χ2n) is 2.59. The first-order valence-corrected chi connectivity index (χ1v) is 4.35. The van der Waals surface area contributed by atoms with Crippen LogP contribution in [-0.4, -0.2) is 5.96 Å². The lowest BCUT2D eigenvalue weighted by Gasteiger charge is -2.03. The van der Waals surface area contributed by atoms with Crippen LogP contribution < -0.4 is 11.5 Å². The minimum absolute atomic E-state index is 0.0459. The largest absolute Gasteiger partial charge is 0.370 e. The molecule has 13 heavy (non-hydrogen) atoms. The van der Waals surface area contributed by atoms with Gasteiger partial charge in [-0.2, -0.15) is 0 Å². The van der Waals surface area contributed by atoms with Crippen molar-refractivity contribution in [2.75, 3.05) is 0 Å². The van der Waals surface area contributed by atoms with Gasteiger partial charge in [0.05, 0.1) is 5.69 Å². The van der Waals surface area contributed by atoms with Gasteiger partial charge in [-0.3, -0.25) is 0 Å². The topological polar surface area (TPSA) is 64.4 Å². The van der Waals surface area contributed by atoms with E-state index in [4.69, 9.17) is 11.5 Å². The average molecular weight is 246 g/mol. The van der Waals surface area contributed by atoms with E-state index in [0.29, 0.717) is 15.7 Å². The third kappa shape index (κ3) is 2.42. The number of benzene rings is 1. The summed E-state index contributed by atoms with van der Waals surface area (Å²) < 4.78 is 13.3. The Bertz CT molecular complexity index is 335. The van der Waals surface area contributed by atoms with Crippen molar-refractivity contribution in [3.05, 3.63) is 28.0 Å². The van der Waals surface area contributed by atoms with E-state index in [-0.39, 0.29) is 11.8 Å². The molecule has 1 rings (SSSR count). The van der Waals surface area contributed by atoms with Gasteiger partial charge >= 0.3 is 0 Å². The number of nitrogens with zero attached hydrogens (tertiary/aromatic N) is 1. The van der Waals surface area contributed by atoms with E-state index < -0.39 is 0 Å². The van der Waals surface area contributed by atoms with Crippen molar-refractivity contribution in [3.8, 4) is 0 Å². The number of halogens is 2. The summed E-state index contributed by atoms with van der Waals surface area (Å²) in [6.45, 7) is 1.73. The van der Waals surface area contributed by atoms with Gasteiger partial charge in [0.2, 0.25) is 0 Å². The zero-order valence-corrected chi connectivity index (χ0v) is 8.60. The maximum atomic E-state index is 12.8. The van der Waals surface area contributed by atoms with Gasteiger partial charge in [-0.1, -0.05) is 0 Å². The van der Waals surface area contributed by atoms with E-state index in [1.54, 1.807) is 6.92 Å². The van der Waals surface area contributed by atoms with Gasteiger partial charge in [-0.25, -0.2) is 9.38 Å². The van der Waals surface area contributed by atoms with Crippen LogP contribution in [0, 0.1) is 12.7 Å². The van der Waals surface area contributed by atoms with Crippen LogP contribution in [0.2, 0.25) is 0 Å². The number of nitrogens with two attached hydrogens (primary N) is 2. The van der Waals surface area contributed by atoms with Crippen LogP contribution >= 0.6 is 15.9 Å². The quantitative estimate of drug-likeness (QED) is 0.586. The van der Waals surface area contributed by atoms with Gasteiger partial charge in [0.15, 0.2) is 5.96 Å². The lowest BCUT2D eigenvalue weighted by Crippen LogP contribution is -2.22. The molecule has 0 aliphatic rings. The molecule has 0 spiro atoms. The van der Waals surface area contributed by atoms with Crippen molar-refractivity contribution in [3.63, 3.8) is 0 Å². The van der Waals surface area contributed by atoms with Crippen molar-refractivity contribution in [1.82, 2.24) is 0 Å². The molecule has 0 heterocycles. The third-order valence-electron chi connectivity index (χ3n) is 1.46. The van der Waals surface area contributed by atoms with Crippen molar-refractivity contribution in [1.29, 1.82) is 0 Å². The number of hydrogen-bond acceptors (Lipinski definition) is 1. The summed E-state index contributed by atoms with van der Waals surface area (Å²) in [5.74, 6) is -0.366. The molecule has 0 amide bonds. The van der Waals surface area contributed by atoms with E-state index in [9.17, 15) is 4.39 Å². The molecule has 0 aliphatic heterocycles. The minimum Gasteiger partial charge on any atom is -0.370 e. The molecule has 0 aliphatic carbocycles. The highest BCUT2D eigenvalue weighted by atomic mass is 79.9. The van der Waals surface area contributed by atoms with Crippen molar-refractivity contribution in [2.45, 2.75) is 6.92 Å². The highest BCUT2D eigenvalue weighted by molar-refractivity contribution is 9.10. The standard InChI is InChI=1S/C8H9BrFN3/c1-4-2-5(10)3-6(9)7(4)13-8(11)12/h2-3H,1H3,(H4,11,12,13). The molecular formula is C8H9BrFN3. The fourth-order valence-corrected chi connectivity index (χ4v) is 1.59. The Kier molecular flexibility index (Phi) is 2.87. The van der Waals surface area contributed by atoms with Crippen LogP contribution in [0.15, 0.2) is 21.6 Å². The smallest absolute Gasteiger partial charge is 0.191 e. The average Bonchev–Trinajstić information content (AvgIpc) is 1.96. The number of hydrogen-bond donors (Lipinski definition) is 2. The summed E-state index contributed by atoms with van der Waals surface area (Å²) in [6.07, 6.45) is 0. The number of aliphatic imine (C=N–C) groups is 1. The molecule has 5 heteroatoms. The number of rotatable bonds is 1. The Morgan fingerprint density at radius 1 is 1.46 bits per heavy atom. The van der Waals surface area contributed by atoms with Gasteiger partial charge in [0.1, 0.15) is 5.82 Å². The third-order valence-corrected chi connectivity index (χ3v) is 2.06. The van der Waals surface area contributed by atoms with E-state index in [1.807, 2.05) is 0 Å². The first-order chi connectivity index (χ1) is 6.00. The van der Waals surface area contributed by atoms with E-state index >= 15 is 0 Å².